The first-order valence-corrected chi connectivity index (χ1v) is 7.13. The number of rotatable bonds is 6. The van der Waals surface area contributed by atoms with Gasteiger partial charge in [-0.15, -0.1) is 0 Å². The Balaban J connectivity index is 2.39. The van der Waals surface area contributed by atoms with Crippen LogP contribution in [0.5, 0.6) is 0 Å². The Morgan fingerprint density at radius 1 is 1.28 bits per heavy atom. The topological polar surface area (TPSA) is 51.2 Å². The highest BCUT2D eigenvalue weighted by atomic mass is 79.9. The normalized spacial score (nSPS) is 11.3. The van der Waals surface area contributed by atoms with Gasteiger partial charge in [-0.3, -0.25) is 0 Å². The molecule has 3 nitrogen and oxygen atoms in total. The number of nitrogens with zero attached hydrogens (tertiary/aromatic N) is 1. The van der Waals surface area contributed by atoms with Crippen molar-refractivity contribution in [3.05, 3.63) is 34.4 Å². The zero-order valence-electron chi connectivity index (χ0n) is 10.4. The molecule has 18 heavy (non-hydrogen) atoms. The number of hydrogen-bond donors (Lipinski definition) is 2. The molecule has 2 aromatic rings. The summed E-state index contributed by atoms with van der Waals surface area (Å²) in [6, 6.07) is 6.36. The summed E-state index contributed by atoms with van der Waals surface area (Å²) < 4.78 is 3.36. The average Bonchev–Trinajstić information content (AvgIpc) is 2.71. The third-order valence-corrected chi connectivity index (χ3v) is 3.63. The van der Waals surface area contributed by atoms with Crippen LogP contribution in [0.1, 0.15) is 18.4 Å². The fourth-order valence-electron chi connectivity index (χ4n) is 2.26. The summed E-state index contributed by atoms with van der Waals surface area (Å²) >= 11 is 3.52. The van der Waals surface area contributed by atoms with E-state index in [1.54, 1.807) is 0 Å². The second-order valence-electron chi connectivity index (χ2n) is 4.48. The molecule has 2 rings (SSSR count). The Bertz CT molecular complexity index is 522. The molecule has 0 spiro atoms. The van der Waals surface area contributed by atoms with Crippen LogP contribution in [-0.4, -0.2) is 22.8 Å². The number of benzene rings is 1. The number of fused-ring (bicyclic) bond motifs is 1. The van der Waals surface area contributed by atoms with E-state index in [1.807, 2.05) is 0 Å². The fraction of sp³-hybridized carbons (Fsp3) is 0.429. The summed E-state index contributed by atoms with van der Waals surface area (Å²) in [5, 5.41) is 10.2. The van der Waals surface area contributed by atoms with Gasteiger partial charge in [-0.1, -0.05) is 22.0 Å². The minimum absolute atomic E-state index is 0.242. The van der Waals surface area contributed by atoms with Crippen LogP contribution in [0.25, 0.3) is 10.9 Å². The van der Waals surface area contributed by atoms with Crippen LogP contribution in [0.4, 0.5) is 0 Å². The standard InChI is InChI=1S/C14H19BrN2O/c15-12-4-5-13-11(3-1-8-18)10-17(7-2-6-16)14(13)9-12/h4-5,9-10,18H,1-3,6-8,16H2. The number of nitrogens with two attached hydrogens (primary N) is 1. The number of halogens is 1. The molecule has 0 atom stereocenters. The molecule has 1 aromatic heterocycles. The molecule has 0 aliphatic heterocycles. The van der Waals surface area contributed by atoms with E-state index in [1.165, 1.54) is 16.5 Å². The predicted molar refractivity (Wildman–Crippen MR) is 78.7 cm³/mol. The highest BCUT2D eigenvalue weighted by molar-refractivity contribution is 9.10. The van der Waals surface area contributed by atoms with Crippen molar-refractivity contribution in [2.75, 3.05) is 13.2 Å². The van der Waals surface area contributed by atoms with Gasteiger partial charge in [0.15, 0.2) is 0 Å². The van der Waals surface area contributed by atoms with E-state index in [0.29, 0.717) is 6.54 Å². The third-order valence-electron chi connectivity index (χ3n) is 3.13. The minimum Gasteiger partial charge on any atom is -0.396 e. The van der Waals surface area contributed by atoms with Gasteiger partial charge < -0.3 is 15.4 Å². The highest BCUT2D eigenvalue weighted by Gasteiger charge is 2.08. The molecule has 4 heteroatoms. The third kappa shape index (κ3) is 2.94. The lowest BCUT2D eigenvalue weighted by molar-refractivity contribution is 0.288. The molecule has 0 fully saturated rings. The molecule has 0 aliphatic rings. The molecule has 98 valence electrons. The van der Waals surface area contributed by atoms with Gasteiger partial charge in [-0.05, 0) is 43.5 Å². The Kier molecular flexibility index (Phi) is 4.80. The van der Waals surface area contributed by atoms with Crippen LogP contribution >= 0.6 is 15.9 Å². The summed E-state index contributed by atoms with van der Waals surface area (Å²) in [4.78, 5) is 0. The molecular formula is C14H19BrN2O. The van der Waals surface area contributed by atoms with Crippen molar-refractivity contribution in [2.45, 2.75) is 25.8 Å². The molecule has 3 N–H and O–H groups in total. The predicted octanol–water partition coefficient (Wildman–Crippen LogP) is 2.68. The summed E-state index contributed by atoms with van der Waals surface area (Å²) in [7, 11) is 0. The van der Waals surface area contributed by atoms with Crippen molar-refractivity contribution < 1.29 is 5.11 Å². The van der Waals surface area contributed by atoms with E-state index in [2.05, 4.69) is 44.9 Å². The van der Waals surface area contributed by atoms with Crippen LogP contribution in [0.15, 0.2) is 28.9 Å². The van der Waals surface area contributed by atoms with E-state index in [-0.39, 0.29) is 6.61 Å². The van der Waals surface area contributed by atoms with E-state index in [4.69, 9.17) is 10.8 Å². The van der Waals surface area contributed by atoms with Crippen LogP contribution < -0.4 is 5.73 Å². The van der Waals surface area contributed by atoms with Crippen molar-refractivity contribution in [3.8, 4) is 0 Å². The number of aliphatic hydroxyl groups is 1. The molecule has 0 saturated carbocycles. The van der Waals surface area contributed by atoms with Gasteiger partial charge in [-0.2, -0.15) is 0 Å². The Morgan fingerprint density at radius 2 is 2.11 bits per heavy atom. The fourth-order valence-corrected chi connectivity index (χ4v) is 2.61. The molecule has 0 unspecified atom stereocenters. The largest absolute Gasteiger partial charge is 0.396 e. The van der Waals surface area contributed by atoms with Crippen LogP contribution in [-0.2, 0) is 13.0 Å². The number of hydrogen-bond acceptors (Lipinski definition) is 2. The molecule has 0 aliphatic carbocycles. The minimum atomic E-state index is 0.242. The summed E-state index contributed by atoms with van der Waals surface area (Å²) in [6.45, 7) is 1.90. The van der Waals surface area contributed by atoms with E-state index < -0.39 is 0 Å². The first-order chi connectivity index (χ1) is 8.76. The van der Waals surface area contributed by atoms with Crippen molar-refractivity contribution in [3.63, 3.8) is 0 Å². The maximum Gasteiger partial charge on any atom is 0.0494 e. The maximum atomic E-state index is 8.96. The smallest absolute Gasteiger partial charge is 0.0494 e. The Labute approximate surface area is 116 Å². The van der Waals surface area contributed by atoms with Gasteiger partial charge in [0.25, 0.3) is 0 Å². The number of aliphatic hydroxyl groups excluding tert-OH is 1. The van der Waals surface area contributed by atoms with Crippen LogP contribution in [0, 0.1) is 0 Å². The first kappa shape index (κ1) is 13.6. The monoisotopic (exact) mass is 310 g/mol. The highest BCUT2D eigenvalue weighted by Crippen LogP contribution is 2.26. The van der Waals surface area contributed by atoms with E-state index in [9.17, 15) is 0 Å². The molecule has 0 radical (unpaired) electrons. The van der Waals surface area contributed by atoms with Gasteiger partial charge in [0.2, 0.25) is 0 Å². The molecule has 0 bridgehead atoms. The molecule has 0 amide bonds. The number of aryl methyl sites for hydroxylation is 2. The average molecular weight is 311 g/mol. The summed E-state index contributed by atoms with van der Waals surface area (Å²) in [5.74, 6) is 0. The Hall–Kier alpha value is -0.840. The SMILES string of the molecule is NCCCn1cc(CCCO)c2ccc(Br)cc21. The van der Waals surface area contributed by atoms with Gasteiger partial charge in [0, 0.05) is 34.7 Å². The lowest BCUT2D eigenvalue weighted by atomic mass is 10.1. The van der Waals surface area contributed by atoms with E-state index >= 15 is 0 Å². The zero-order valence-corrected chi connectivity index (χ0v) is 12.0. The molecule has 1 aromatic carbocycles. The van der Waals surface area contributed by atoms with Crippen molar-refractivity contribution >= 4 is 26.8 Å². The van der Waals surface area contributed by atoms with Crippen LogP contribution in [0.3, 0.4) is 0 Å². The summed E-state index contributed by atoms with van der Waals surface area (Å²) in [5.41, 5.74) is 8.13. The van der Waals surface area contributed by atoms with Gasteiger partial charge in [-0.25, -0.2) is 0 Å². The Morgan fingerprint density at radius 3 is 2.83 bits per heavy atom. The zero-order chi connectivity index (χ0) is 13.0. The van der Waals surface area contributed by atoms with Gasteiger partial charge in [0.1, 0.15) is 0 Å². The molecule has 0 saturated heterocycles. The van der Waals surface area contributed by atoms with Crippen LogP contribution in [0.2, 0.25) is 0 Å². The first-order valence-electron chi connectivity index (χ1n) is 6.34. The lowest BCUT2D eigenvalue weighted by Gasteiger charge is -2.03. The van der Waals surface area contributed by atoms with Crippen molar-refractivity contribution in [2.24, 2.45) is 5.73 Å². The maximum absolute atomic E-state index is 8.96. The number of aromatic nitrogens is 1. The summed E-state index contributed by atoms with van der Waals surface area (Å²) in [6.07, 6.45) is 4.91. The van der Waals surface area contributed by atoms with E-state index in [0.717, 1.165) is 30.3 Å². The van der Waals surface area contributed by atoms with Crippen molar-refractivity contribution in [1.82, 2.24) is 4.57 Å². The quantitative estimate of drug-likeness (QED) is 0.862. The van der Waals surface area contributed by atoms with Gasteiger partial charge >= 0.3 is 0 Å². The van der Waals surface area contributed by atoms with Gasteiger partial charge in [0.05, 0.1) is 0 Å². The lowest BCUT2D eigenvalue weighted by Crippen LogP contribution is -2.04. The molecule has 1 heterocycles. The molecular weight excluding hydrogens is 292 g/mol. The second-order valence-corrected chi connectivity index (χ2v) is 5.39. The second kappa shape index (κ2) is 6.36. The van der Waals surface area contributed by atoms with Crippen molar-refractivity contribution in [1.29, 1.82) is 0 Å².